The highest BCUT2D eigenvalue weighted by molar-refractivity contribution is 7.15. The molecule has 0 saturated carbocycles. The maximum Gasteiger partial charge on any atom is 0.322 e. The molecule has 3 aromatic rings. The van der Waals surface area contributed by atoms with E-state index in [9.17, 15) is 4.79 Å². The van der Waals surface area contributed by atoms with E-state index in [-0.39, 0.29) is 6.03 Å². The van der Waals surface area contributed by atoms with Crippen LogP contribution in [0.5, 0.6) is 5.75 Å². The van der Waals surface area contributed by atoms with Crippen LogP contribution in [0.1, 0.15) is 21.7 Å². The third kappa shape index (κ3) is 3.73. The number of amides is 2. The summed E-state index contributed by atoms with van der Waals surface area (Å²) < 4.78 is 5.36. The number of carbonyl (C=O) groups excluding carboxylic acids is 1. The van der Waals surface area contributed by atoms with Gasteiger partial charge in [0, 0.05) is 23.4 Å². The lowest BCUT2D eigenvalue weighted by atomic mass is 10.1. The van der Waals surface area contributed by atoms with Gasteiger partial charge in [-0.2, -0.15) is 0 Å². The van der Waals surface area contributed by atoms with Crippen molar-refractivity contribution in [3.63, 3.8) is 0 Å². The maximum absolute atomic E-state index is 12.8. The maximum atomic E-state index is 12.8. The molecule has 1 aliphatic heterocycles. The summed E-state index contributed by atoms with van der Waals surface area (Å²) in [6.07, 6.45) is 0.774. The number of nitrogens with one attached hydrogen (secondary N) is 1. The number of urea groups is 1. The van der Waals surface area contributed by atoms with E-state index in [1.807, 2.05) is 30.0 Å². The van der Waals surface area contributed by atoms with Crippen molar-refractivity contribution in [3.05, 3.63) is 64.2 Å². The summed E-state index contributed by atoms with van der Waals surface area (Å²) in [5.74, 6) is 0.663. The van der Waals surface area contributed by atoms with Gasteiger partial charge in [0.1, 0.15) is 10.8 Å². The van der Waals surface area contributed by atoms with E-state index < -0.39 is 0 Å². The molecule has 0 atom stereocenters. The van der Waals surface area contributed by atoms with Crippen LogP contribution in [0.2, 0.25) is 0 Å². The summed E-state index contributed by atoms with van der Waals surface area (Å²) in [5.41, 5.74) is 5.24. The lowest BCUT2D eigenvalue weighted by Gasteiger charge is -2.26. The summed E-state index contributed by atoms with van der Waals surface area (Å²) in [6.45, 7) is 5.31. The van der Waals surface area contributed by atoms with E-state index in [1.165, 1.54) is 5.56 Å². The summed E-state index contributed by atoms with van der Waals surface area (Å²) in [7, 11) is 1.61. The van der Waals surface area contributed by atoms with Crippen molar-refractivity contribution in [2.24, 2.45) is 0 Å². The Balaban J connectivity index is 1.50. The highest BCUT2D eigenvalue weighted by atomic mass is 32.1. The number of carbonyl (C=O) groups is 1. The molecule has 1 N–H and O–H groups in total. The molecule has 1 aromatic heterocycles. The van der Waals surface area contributed by atoms with Gasteiger partial charge in [-0.25, -0.2) is 9.78 Å². The first-order valence-corrected chi connectivity index (χ1v) is 10.1. The summed E-state index contributed by atoms with van der Waals surface area (Å²) >= 11 is 1.67. The number of hydrogen-bond donors (Lipinski definition) is 1. The predicted octanol–water partition coefficient (Wildman–Crippen LogP) is 5.03. The number of fused-ring (bicyclic) bond motifs is 1. The molecule has 0 spiro atoms. The van der Waals surface area contributed by atoms with Crippen molar-refractivity contribution >= 4 is 23.1 Å². The van der Waals surface area contributed by atoms with Gasteiger partial charge in [0.2, 0.25) is 0 Å². The van der Waals surface area contributed by atoms with Gasteiger partial charge in [0.05, 0.1) is 25.0 Å². The molecule has 5 nitrogen and oxygen atoms in total. The minimum Gasteiger partial charge on any atom is -0.495 e. The minimum absolute atomic E-state index is 0.111. The number of thiazole rings is 1. The lowest BCUT2D eigenvalue weighted by Crippen LogP contribution is -2.38. The number of anilines is 1. The monoisotopic (exact) mass is 393 g/mol. The number of nitrogens with zero attached hydrogens (tertiary/aromatic N) is 2. The lowest BCUT2D eigenvalue weighted by molar-refractivity contribution is 0.206. The Morgan fingerprint density at radius 2 is 1.89 bits per heavy atom. The Kier molecular flexibility index (Phi) is 5.05. The van der Waals surface area contributed by atoms with Gasteiger partial charge in [-0.3, -0.25) is 0 Å². The molecule has 2 heterocycles. The van der Waals surface area contributed by atoms with Gasteiger partial charge in [0.25, 0.3) is 0 Å². The molecule has 0 fully saturated rings. The largest absolute Gasteiger partial charge is 0.495 e. The van der Waals surface area contributed by atoms with Crippen LogP contribution in [0.3, 0.4) is 0 Å². The predicted molar refractivity (Wildman–Crippen MR) is 113 cm³/mol. The van der Waals surface area contributed by atoms with Crippen LogP contribution in [0.25, 0.3) is 10.6 Å². The highest BCUT2D eigenvalue weighted by Crippen LogP contribution is 2.32. The molecule has 144 valence electrons. The molecular weight excluding hydrogens is 370 g/mol. The molecule has 28 heavy (non-hydrogen) atoms. The average molecular weight is 394 g/mol. The summed E-state index contributed by atoms with van der Waals surface area (Å²) in [6, 6.07) is 14.1. The first kappa shape index (κ1) is 18.5. The zero-order valence-corrected chi connectivity index (χ0v) is 17.1. The zero-order chi connectivity index (χ0) is 19.7. The first-order chi connectivity index (χ1) is 13.5. The normalized spacial score (nSPS) is 13.2. The second kappa shape index (κ2) is 7.64. The van der Waals surface area contributed by atoms with Gasteiger partial charge in [-0.05, 0) is 31.5 Å². The van der Waals surface area contributed by atoms with E-state index in [2.05, 4.69) is 36.5 Å². The number of methoxy groups -OCH3 is 1. The molecule has 0 radical (unpaired) electrons. The zero-order valence-electron chi connectivity index (χ0n) is 16.3. The van der Waals surface area contributed by atoms with Crippen molar-refractivity contribution < 1.29 is 9.53 Å². The molecule has 2 amide bonds. The molecule has 0 aliphatic carbocycles. The SMILES string of the molecule is COc1ccc(C)cc1NC(=O)N1CCc2nc(-c3ccc(C)cc3)sc2C1. The number of benzene rings is 2. The van der Waals surface area contributed by atoms with Crippen molar-refractivity contribution in [2.45, 2.75) is 26.8 Å². The Hall–Kier alpha value is -2.86. The molecule has 0 unspecified atom stereocenters. The third-order valence-electron chi connectivity index (χ3n) is 4.91. The Morgan fingerprint density at radius 3 is 2.64 bits per heavy atom. The fraction of sp³-hybridized carbons (Fsp3) is 0.273. The quantitative estimate of drug-likeness (QED) is 0.679. The topological polar surface area (TPSA) is 54.5 Å². The van der Waals surface area contributed by atoms with E-state index in [0.29, 0.717) is 24.5 Å². The van der Waals surface area contributed by atoms with Gasteiger partial charge in [-0.15, -0.1) is 11.3 Å². The summed E-state index contributed by atoms with van der Waals surface area (Å²) in [4.78, 5) is 20.6. The van der Waals surface area contributed by atoms with Gasteiger partial charge >= 0.3 is 6.03 Å². The fourth-order valence-corrected chi connectivity index (χ4v) is 4.43. The van der Waals surface area contributed by atoms with E-state index >= 15 is 0 Å². The van der Waals surface area contributed by atoms with Gasteiger partial charge in [-0.1, -0.05) is 35.9 Å². The van der Waals surface area contributed by atoms with Gasteiger partial charge in [0.15, 0.2) is 0 Å². The number of ether oxygens (including phenoxy) is 1. The summed E-state index contributed by atoms with van der Waals surface area (Å²) in [5, 5.41) is 4.01. The van der Waals surface area contributed by atoms with Crippen LogP contribution in [0.15, 0.2) is 42.5 Å². The van der Waals surface area contributed by atoms with Crippen LogP contribution in [-0.4, -0.2) is 29.6 Å². The van der Waals surface area contributed by atoms with Crippen LogP contribution < -0.4 is 10.1 Å². The molecule has 0 bridgehead atoms. The smallest absolute Gasteiger partial charge is 0.322 e. The second-order valence-electron chi connectivity index (χ2n) is 7.06. The molecule has 6 heteroatoms. The van der Waals surface area contributed by atoms with Crippen molar-refractivity contribution in [1.82, 2.24) is 9.88 Å². The van der Waals surface area contributed by atoms with Crippen molar-refractivity contribution in [1.29, 1.82) is 0 Å². The van der Waals surface area contributed by atoms with Gasteiger partial charge < -0.3 is 15.0 Å². The van der Waals surface area contributed by atoms with E-state index in [1.54, 1.807) is 18.4 Å². The van der Waals surface area contributed by atoms with Crippen LogP contribution in [0, 0.1) is 13.8 Å². The average Bonchev–Trinajstić information content (AvgIpc) is 3.12. The fourth-order valence-electron chi connectivity index (χ4n) is 3.30. The highest BCUT2D eigenvalue weighted by Gasteiger charge is 2.25. The van der Waals surface area contributed by atoms with E-state index in [0.717, 1.165) is 33.1 Å². The number of aryl methyl sites for hydroxylation is 2. The second-order valence-corrected chi connectivity index (χ2v) is 8.14. The number of hydrogen-bond acceptors (Lipinski definition) is 4. The minimum atomic E-state index is -0.111. The first-order valence-electron chi connectivity index (χ1n) is 9.29. The van der Waals surface area contributed by atoms with Crippen molar-refractivity contribution in [3.8, 4) is 16.3 Å². The Morgan fingerprint density at radius 1 is 1.14 bits per heavy atom. The number of rotatable bonds is 3. The van der Waals surface area contributed by atoms with E-state index in [4.69, 9.17) is 9.72 Å². The van der Waals surface area contributed by atoms with Crippen molar-refractivity contribution in [2.75, 3.05) is 19.0 Å². The van der Waals surface area contributed by atoms with Crippen LogP contribution in [-0.2, 0) is 13.0 Å². The Labute approximate surface area is 169 Å². The molecule has 4 rings (SSSR count). The molecule has 0 saturated heterocycles. The molecular formula is C22H23N3O2S. The number of aromatic nitrogens is 1. The third-order valence-corrected chi connectivity index (χ3v) is 6.05. The molecule has 2 aromatic carbocycles. The van der Waals surface area contributed by atoms with Crippen LogP contribution >= 0.6 is 11.3 Å². The Bertz CT molecular complexity index is 1010. The molecule has 1 aliphatic rings. The standard InChI is InChI=1S/C22H23N3O2S/c1-14-4-7-16(8-5-14)21-23-17-10-11-25(13-20(17)28-21)22(26)24-18-12-15(2)6-9-19(18)27-3/h4-9,12H,10-11,13H2,1-3H3,(H,24,26). The van der Waals surface area contributed by atoms with Crippen LogP contribution in [0.4, 0.5) is 10.5 Å².